The zero-order chi connectivity index (χ0) is 13.5. The van der Waals surface area contributed by atoms with E-state index >= 15 is 0 Å². The lowest BCUT2D eigenvalue weighted by Gasteiger charge is -2.12. The summed E-state index contributed by atoms with van der Waals surface area (Å²) in [6.45, 7) is 4.93. The van der Waals surface area contributed by atoms with Crippen molar-refractivity contribution in [3.05, 3.63) is 0 Å². The molecular weight excluding hydrogens is 240 g/mol. The van der Waals surface area contributed by atoms with Crippen molar-refractivity contribution in [2.45, 2.75) is 26.1 Å². The molecular formula is C12H26O6. The third-order valence-electron chi connectivity index (χ3n) is 2.05. The highest BCUT2D eigenvalue weighted by Crippen LogP contribution is 1.93. The van der Waals surface area contributed by atoms with Gasteiger partial charge < -0.3 is 29.2 Å². The summed E-state index contributed by atoms with van der Waals surface area (Å²) in [5, 5.41) is 17.8. The van der Waals surface area contributed by atoms with Crippen molar-refractivity contribution in [3.63, 3.8) is 0 Å². The molecule has 0 aliphatic heterocycles. The lowest BCUT2D eigenvalue weighted by Crippen LogP contribution is -2.21. The van der Waals surface area contributed by atoms with Crippen LogP contribution in [0.4, 0.5) is 0 Å². The van der Waals surface area contributed by atoms with Gasteiger partial charge in [0.25, 0.3) is 0 Å². The van der Waals surface area contributed by atoms with E-state index in [9.17, 15) is 5.11 Å². The second kappa shape index (κ2) is 14.8. The molecule has 1 unspecified atom stereocenters. The maximum Gasteiger partial charge on any atom is 0.178 e. The summed E-state index contributed by atoms with van der Waals surface area (Å²) in [6, 6.07) is 0. The molecule has 0 rings (SSSR count). The molecule has 0 fully saturated rings. The molecule has 18 heavy (non-hydrogen) atoms. The van der Waals surface area contributed by atoms with E-state index in [1.54, 1.807) is 0 Å². The topological polar surface area (TPSA) is 77.4 Å². The first-order valence-electron chi connectivity index (χ1n) is 6.45. The van der Waals surface area contributed by atoms with Crippen LogP contribution >= 0.6 is 0 Å². The Kier molecular flexibility index (Phi) is 14.6. The van der Waals surface area contributed by atoms with E-state index in [0.29, 0.717) is 39.6 Å². The molecule has 0 radical (unpaired) electrons. The fraction of sp³-hybridized carbons (Fsp3) is 1.00. The first-order chi connectivity index (χ1) is 8.81. The van der Waals surface area contributed by atoms with Gasteiger partial charge in [-0.15, -0.1) is 0 Å². The molecule has 0 bridgehead atoms. The first kappa shape index (κ1) is 17.8. The van der Waals surface area contributed by atoms with Crippen molar-refractivity contribution in [3.8, 4) is 0 Å². The fourth-order valence-corrected chi connectivity index (χ4v) is 1.10. The molecule has 0 heterocycles. The maximum absolute atomic E-state index is 9.34. The highest BCUT2D eigenvalue weighted by molar-refractivity contribution is 4.40. The van der Waals surface area contributed by atoms with E-state index in [1.807, 2.05) is 0 Å². The van der Waals surface area contributed by atoms with Crippen LogP contribution in [-0.2, 0) is 18.9 Å². The molecule has 0 aromatic carbocycles. The van der Waals surface area contributed by atoms with Crippen LogP contribution in [0.5, 0.6) is 0 Å². The van der Waals surface area contributed by atoms with Crippen LogP contribution in [0.1, 0.15) is 19.8 Å². The minimum atomic E-state index is -0.857. The lowest BCUT2D eigenvalue weighted by molar-refractivity contribution is -0.141. The Labute approximate surface area is 109 Å². The molecule has 0 aromatic rings. The Bertz CT molecular complexity index is 156. The van der Waals surface area contributed by atoms with Gasteiger partial charge in [-0.1, -0.05) is 13.3 Å². The summed E-state index contributed by atoms with van der Waals surface area (Å²) < 4.78 is 20.5. The highest BCUT2D eigenvalue weighted by Gasteiger charge is 2.03. The van der Waals surface area contributed by atoms with E-state index in [-0.39, 0.29) is 13.2 Å². The van der Waals surface area contributed by atoms with Gasteiger partial charge in [0.1, 0.15) is 0 Å². The highest BCUT2D eigenvalue weighted by atomic mass is 16.6. The smallest absolute Gasteiger partial charge is 0.178 e. The minimum absolute atomic E-state index is 0.0268. The van der Waals surface area contributed by atoms with Gasteiger partial charge in [-0.05, 0) is 6.42 Å². The van der Waals surface area contributed by atoms with Crippen molar-refractivity contribution in [1.29, 1.82) is 0 Å². The Morgan fingerprint density at radius 1 is 0.889 bits per heavy atom. The molecule has 0 aliphatic rings. The molecule has 0 saturated heterocycles. The standard InChI is InChI=1S/C12H26O6/c1-2-3-5-18-12(14)11-17-10-9-16-8-7-15-6-4-13/h12-14H,2-11H2,1H3. The average Bonchev–Trinajstić information content (AvgIpc) is 2.37. The number of aliphatic hydroxyl groups is 2. The predicted molar refractivity (Wildman–Crippen MR) is 66.4 cm³/mol. The van der Waals surface area contributed by atoms with E-state index < -0.39 is 6.29 Å². The normalized spacial score (nSPS) is 12.8. The molecule has 0 amide bonds. The number of aliphatic hydroxyl groups excluding tert-OH is 2. The van der Waals surface area contributed by atoms with Gasteiger partial charge in [-0.2, -0.15) is 0 Å². The van der Waals surface area contributed by atoms with Crippen LogP contribution in [0, 0.1) is 0 Å². The lowest BCUT2D eigenvalue weighted by atomic mass is 10.4. The van der Waals surface area contributed by atoms with Crippen LogP contribution < -0.4 is 0 Å². The fourth-order valence-electron chi connectivity index (χ4n) is 1.10. The number of ether oxygens (including phenoxy) is 4. The molecule has 0 saturated carbocycles. The molecule has 1 atom stereocenters. The van der Waals surface area contributed by atoms with Crippen LogP contribution in [0.15, 0.2) is 0 Å². The Hall–Kier alpha value is -0.240. The Morgan fingerprint density at radius 2 is 1.50 bits per heavy atom. The monoisotopic (exact) mass is 266 g/mol. The average molecular weight is 266 g/mol. The summed E-state index contributed by atoms with van der Waals surface area (Å²) in [5.74, 6) is 0. The zero-order valence-electron chi connectivity index (χ0n) is 11.2. The van der Waals surface area contributed by atoms with Crippen LogP contribution in [0.3, 0.4) is 0 Å². The summed E-state index contributed by atoms with van der Waals surface area (Å²) >= 11 is 0. The van der Waals surface area contributed by atoms with Crippen molar-refractivity contribution in [2.24, 2.45) is 0 Å². The largest absolute Gasteiger partial charge is 0.394 e. The van der Waals surface area contributed by atoms with Gasteiger partial charge in [0.15, 0.2) is 6.29 Å². The molecule has 0 aromatic heterocycles. The first-order valence-corrected chi connectivity index (χ1v) is 6.45. The number of hydrogen-bond donors (Lipinski definition) is 2. The van der Waals surface area contributed by atoms with Gasteiger partial charge in [-0.3, -0.25) is 0 Å². The predicted octanol–water partition coefficient (Wildman–Crippen LogP) is 0.164. The van der Waals surface area contributed by atoms with Gasteiger partial charge in [0, 0.05) is 6.61 Å². The Morgan fingerprint density at radius 3 is 2.11 bits per heavy atom. The number of unbranched alkanes of at least 4 members (excludes halogenated alkanes) is 1. The summed E-state index contributed by atoms with van der Waals surface area (Å²) in [4.78, 5) is 0. The summed E-state index contributed by atoms with van der Waals surface area (Å²) in [6.07, 6.45) is 1.12. The molecule has 110 valence electrons. The molecule has 6 heteroatoms. The number of hydrogen-bond acceptors (Lipinski definition) is 6. The Balaban J connectivity index is 3.05. The van der Waals surface area contributed by atoms with E-state index in [1.165, 1.54) is 0 Å². The molecule has 0 aliphatic carbocycles. The summed E-state index contributed by atoms with van der Waals surface area (Å²) in [7, 11) is 0. The van der Waals surface area contributed by atoms with Gasteiger partial charge in [-0.25, -0.2) is 0 Å². The van der Waals surface area contributed by atoms with E-state index in [4.69, 9.17) is 24.1 Å². The SMILES string of the molecule is CCCCOC(O)COCCOCCOCCO. The zero-order valence-corrected chi connectivity index (χ0v) is 11.2. The van der Waals surface area contributed by atoms with Crippen LogP contribution in [0.2, 0.25) is 0 Å². The number of rotatable bonds is 14. The van der Waals surface area contributed by atoms with Crippen LogP contribution in [-0.4, -0.2) is 69.4 Å². The molecule has 2 N–H and O–H groups in total. The van der Waals surface area contributed by atoms with Gasteiger partial charge in [0.2, 0.25) is 0 Å². The molecule has 0 spiro atoms. The maximum atomic E-state index is 9.34. The second-order valence-corrected chi connectivity index (χ2v) is 3.70. The van der Waals surface area contributed by atoms with Crippen molar-refractivity contribution in [1.82, 2.24) is 0 Å². The molecule has 6 nitrogen and oxygen atoms in total. The van der Waals surface area contributed by atoms with Crippen molar-refractivity contribution >= 4 is 0 Å². The third kappa shape index (κ3) is 13.8. The van der Waals surface area contributed by atoms with Crippen molar-refractivity contribution in [2.75, 3.05) is 52.9 Å². The third-order valence-corrected chi connectivity index (χ3v) is 2.05. The quantitative estimate of drug-likeness (QED) is 0.344. The summed E-state index contributed by atoms with van der Waals surface area (Å²) in [5.41, 5.74) is 0. The minimum Gasteiger partial charge on any atom is -0.394 e. The van der Waals surface area contributed by atoms with Gasteiger partial charge >= 0.3 is 0 Å². The van der Waals surface area contributed by atoms with E-state index in [0.717, 1.165) is 12.8 Å². The van der Waals surface area contributed by atoms with Gasteiger partial charge in [0.05, 0.1) is 46.2 Å². The van der Waals surface area contributed by atoms with Crippen molar-refractivity contribution < 1.29 is 29.2 Å². The van der Waals surface area contributed by atoms with E-state index in [2.05, 4.69) is 6.92 Å². The second-order valence-electron chi connectivity index (χ2n) is 3.70. The van der Waals surface area contributed by atoms with Crippen LogP contribution in [0.25, 0.3) is 0 Å².